The number of fused-ring (bicyclic) bond motifs is 5. The number of hydrogen-bond acceptors (Lipinski definition) is 2. The molecule has 1 N–H and O–H groups in total. The summed E-state index contributed by atoms with van der Waals surface area (Å²) in [6, 6.07) is 8.10. The van der Waals surface area contributed by atoms with Gasteiger partial charge in [0.1, 0.15) is 0 Å². The van der Waals surface area contributed by atoms with E-state index in [1.54, 1.807) is 0 Å². The van der Waals surface area contributed by atoms with E-state index in [0.29, 0.717) is 5.56 Å². The van der Waals surface area contributed by atoms with E-state index in [-0.39, 0.29) is 5.97 Å². The molecule has 0 fully saturated rings. The number of rotatable bonds is 1. The summed E-state index contributed by atoms with van der Waals surface area (Å²) in [6.45, 7) is 2.14. The number of methoxy groups -OCH3 is 1. The number of carbonyl (C=O) groups is 1. The van der Waals surface area contributed by atoms with Gasteiger partial charge >= 0.3 is 5.97 Å². The van der Waals surface area contributed by atoms with Crippen LogP contribution in [0.3, 0.4) is 0 Å². The molecule has 22 heavy (non-hydrogen) atoms. The lowest BCUT2D eigenvalue weighted by atomic mass is 9.87. The van der Waals surface area contributed by atoms with Gasteiger partial charge in [-0.2, -0.15) is 0 Å². The smallest absolute Gasteiger partial charge is 0.338 e. The van der Waals surface area contributed by atoms with Crippen LogP contribution in [0, 0.1) is 6.92 Å². The molecule has 0 spiro atoms. The number of esters is 1. The second kappa shape index (κ2) is 4.87. The van der Waals surface area contributed by atoms with Crippen LogP contribution in [0.25, 0.3) is 21.8 Å². The molecule has 1 heterocycles. The van der Waals surface area contributed by atoms with Crippen molar-refractivity contribution in [1.29, 1.82) is 0 Å². The molecule has 0 amide bonds. The summed E-state index contributed by atoms with van der Waals surface area (Å²) in [5.74, 6) is -0.274. The third kappa shape index (κ3) is 1.78. The van der Waals surface area contributed by atoms with E-state index in [1.807, 2.05) is 18.2 Å². The van der Waals surface area contributed by atoms with Crippen molar-refractivity contribution in [2.45, 2.75) is 32.6 Å². The monoisotopic (exact) mass is 293 g/mol. The number of aromatic amines is 1. The maximum absolute atomic E-state index is 12.1. The molecular weight excluding hydrogens is 274 g/mol. The Morgan fingerprint density at radius 1 is 1.18 bits per heavy atom. The Kier molecular flexibility index (Phi) is 2.96. The van der Waals surface area contributed by atoms with Crippen molar-refractivity contribution in [3.05, 3.63) is 46.5 Å². The van der Waals surface area contributed by atoms with Crippen molar-refractivity contribution in [1.82, 2.24) is 4.98 Å². The summed E-state index contributed by atoms with van der Waals surface area (Å²) in [7, 11) is 1.44. The summed E-state index contributed by atoms with van der Waals surface area (Å²) in [5.41, 5.74) is 6.99. The topological polar surface area (TPSA) is 42.1 Å². The Morgan fingerprint density at radius 2 is 2.00 bits per heavy atom. The number of H-pyrrole nitrogens is 1. The van der Waals surface area contributed by atoms with Crippen molar-refractivity contribution in [3.8, 4) is 0 Å². The van der Waals surface area contributed by atoms with Crippen LogP contribution in [-0.2, 0) is 17.6 Å². The first-order valence-corrected chi connectivity index (χ1v) is 7.84. The average molecular weight is 293 g/mol. The molecule has 1 aromatic heterocycles. The highest BCUT2D eigenvalue weighted by Crippen LogP contribution is 2.37. The van der Waals surface area contributed by atoms with E-state index in [0.717, 1.165) is 23.7 Å². The Hall–Kier alpha value is -2.29. The third-order valence-electron chi connectivity index (χ3n) is 4.83. The number of aromatic nitrogens is 1. The Morgan fingerprint density at radius 3 is 2.82 bits per heavy atom. The van der Waals surface area contributed by atoms with Crippen LogP contribution < -0.4 is 0 Å². The van der Waals surface area contributed by atoms with Crippen LogP contribution in [-0.4, -0.2) is 18.1 Å². The van der Waals surface area contributed by atoms with Crippen LogP contribution in [0.15, 0.2) is 24.3 Å². The predicted octanol–water partition coefficient (Wildman–Crippen LogP) is 4.29. The second-order valence-corrected chi connectivity index (χ2v) is 6.13. The lowest BCUT2D eigenvalue weighted by Crippen LogP contribution is -2.04. The van der Waals surface area contributed by atoms with Gasteiger partial charge in [0.2, 0.25) is 0 Å². The van der Waals surface area contributed by atoms with Crippen LogP contribution in [0.1, 0.15) is 39.9 Å². The van der Waals surface area contributed by atoms with Crippen molar-refractivity contribution in [2.75, 3.05) is 7.11 Å². The summed E-state index contributed by atoms with van der Waals surface area (Å²) in [6.07, 6.45) is 4.79. The van der Waals surface area contributed by atoms with E-state index in [1.165, 1.54) is 47.5 Å². The molecule has 0 saturated carbocycles. The SMILES string of the molecule is COC(=O)c1cccc2[nH]c3c4c(cc(C)c3c12)CCCC4. The van der Waals surface area contributed by atoms with Crippen LogP contribution in [0.4, 0.5) is 0 Å². The van der Waals surface area contributed by atoms with E-state index in [4.69, 9.17) is 4.74 Å². The van der Waals surface area contributed by atoms with E-state index in [9.17, 15) is 4.79 Å². The van der Waals surface area contributed by atoms with Gasteiger partial charge in [0.15, 0.2) is 0 Å². The normalized spacial score (nSPS) is 14.3. The third-order valence-corrected chi connectivity index (χ3v) is 4.83. The lowest BCUT2D eigenvalue weighted by molar-refractivity contribution is 0.0603. The molecule has 3 aromatic rings. The van der Waals surface area contributed by atoms with Crippen molar-refractivity contribution >= 4 is 27.8 Å². The molecule has 0 bridgehead atoms. The van der Waals surface area contributed by atoms with Crippen LogP contribution >= 0.6 is 0 Å². The van der Waals surface area contributed by atoms with Crippen molar-refractivity contribution in [2.24, 2.45) is 0 Å². The molecule has 0 unspecified atom stereocenters. The van der Waals surface area contributed by atoms with Gasteiger partial charge in [-0.05, 0) is 61.4 Å². The van der Waals surface area contributed by atoms with Gasteiger partial charge in [-0.3, -0.25) is 0 Å². The summed E-state index contributed by atoms with van der Waals surface area (Å²) in [4.78, 5) is 15.7. The molecule has 1 aliphatic carbocycles. The maximum atomic E-state index is 12.1. The van der Waals surface area contributed by atoms with Gasteiger partial charge in [0, 0.05) is 16.3 Å². The van der Waals surface area contributed by atoms with Gasteiger partial charge in [-0.25, -0.2) is 4.79 Å². The molecule has 0 atom stereocenters. The molecule has 1 aliphatic rings. The highest BCUT2D eigenvalue weighted by Gasteiger charge is 2.20. The summed E-state index contributed by atoms with van der Waals surface area (Å²) < 4.78 is 4.96. The first-order chi connectivity index (χ1) is 10.7. The molecule has 0 aliphatic heterocycles. The number of carbonyl (C=O) groups excluding carboxylic acids is 1. The minimum atomic E-state index is -0.274. The standard InChI is InChI=1S/C19H19NO2/c1-11-10-12-6-3-4-7-13(12)18-16(11)17-14(19(21)22-2)8-5-9-15(17)20-18/h5,8-10,20H,3-4,6-7H2,1-2H3. The molecule has 2 aromatic carbocycles. The number of aryl methyl sites for hydroxylation is 3. The fourth-order valence-electron chi connectivity index (χ4n) is 3.86. The zero-order valence-electron chi connectivity index (χ0n) is 13.0. The molecule has 112 valence electrons. The number of ether oxygens (including phenoxy) is 1. The van der Waals surface area contributed by atoms with Gasteiger partial charge < -0.3 is 9.72 Å². The van der Waals surface area contributed by atoms with Gasteiger partial charge in [-0.15, -0.1) is 0 Å². The molecule has 0 saturated heterocycles. The minimum absolute atomic E-state index is 0.274. The number of benzene rings is 2. The zero-order chi connectivity index (χ0) is 15.3. The maximum Gasteiger partial charge on any atom is 0.338 e. The Balaban J connectivity index is 2.16. The number of hydrogen-bond donors (Lipinski definition) is 1. The number of nitrogens with one attached hydrogen (secondary N) is 1. The molecule has 3 nitrogen and oxygen atoms in total. The van der Waals surface area contributed by atoms with Crippen molar-refractivity contribution < 1.29 is 9.53 Å². The van der Waals surface area contributed by atoms with E-state index < -0.39 is 0 Å². The average Bonchev–Trinajstić information content (AvgIpc) is 2.94. The van der Waals surface area contributed by atoms with Crippen molar-refractivity contribution in [3.63, 3.8) is 0 Å². The molecule has 3 heteroatoms. The van der Waals surface area contributed by atoms with Gasteiger partial charge in [-0.1, -0.05) is 12.1 Å². The minimum Gasteiger partial charge on any atom is -0.465 e. The summed E-state index contributed by atoms with van der Waals surface area (Å²) in [5, 5.41) is 2.17. The fourth-order valence-corrected chi connectivity index (χ4v) is 3.86. The van der Waals surface area contributed by atoms with Gasteiger partial charge in [0.05, 0.1) is 18.2 Å². The molecule has 4 rings (SSSR count). The Bertz CT molecular complexity index is 905. The zero-order valence-corrected chi connectivity index (χ0v) is 13.0. The molecule has 0 radical (unpaired) electrons. The second-order valence-electron chi connectivity index (χ2n) is 6.13. The lowest BCUT2D eigenvalue weighted by Gasteiger charge is -2.17. The fraction of sp³-hybridized carbons (Fsp3) is 0.316. The first-order valence-electron chi connectivity index (χ1n) is 7.84. The highest BCUT2D eigenvalue weighted by atomic mass is 16.5. The quantitative estimate of drug-likeness (QED) is 0.680. The van der Waals surface area contributed by atoms with E-state index >= 15 is 0 Å². The molecular formula is C19H19NO2. The largest absolute Gasteiger partial charge is 0.465 e. The highest BCUT2D eigenvalue weighted by molar-refractivity contribution is 6.18. The predicted molar refractivity (Wildman–Crippen MR) is 88.5 cm³/mol. The first kappa shape index (κ1) is 13.4. The van der Waals surface area contributed by atoms with Gasteiger partial charge in [0.25, 0.3) is 0 Å². The van der Waals surface area contributed by atoms with E-state index in [2.05, 4.69) is 18.0 Å². The van der Waals surface area contributed by atoms with Crippen LogP contribution in [0.2, 0.25) is 0 Å². The summed E-state index contributed by atoms with van der Waals surface area (Å²) >= 11 is 0. The van der Waals surface area contributed by atoms with Crippen LogP contribution in [0.5, 0.6) is 0 Å². The Labute approximate surface area is 129 Å².